The fraction of sp³-hybridized carbons (Fsp3) is 0.250. The molecule has 0 atom stereocenters. The molecule has 6 nitrogen and oxygen atoms in total. The molecule has 2 aromatic heterocycles. The minimum Gasteiger partial charge on any atom is -0.496 e. The van der Waals surface area contributed by atoms with E-state index >= 15 is 0 Å². The van der Waals surface area contributed by atoms with Crippen molar-refractivity contribution in [2.24, 2.45) is 0 Å². The lowest BCUT2D eigenvalue weighted by molar-refractivity contribution is -0.145. The zero-order valence-electron chi connectivity index (χ0n) is 14.8. The van der Waals surface area contributed by atoms with Crippen molar-refractivity contribution in [2.45, 2.75) is 26.4 Å². The molecule has 0 unspecified atom stereocenters. The number of benzene rings is 1. The van der Waals surface area contributed by atoms with Crippen LogP contribution in [-0.4, -0.2) is 22.5 Å². The highest BCUT2D eigenvalue weighted by Gasteiger charge is 2.09. The van der Waals surface area contributed by atoms with Gasteiger partial charge in [-0.05, 0) is 36.6 Å². The van der Waals surface area contributed by atoms with Gasteiger partial charge in [-0.1, -0.05) is 24.3 Å². The number of para-hydroxylation sites is 1. The van der Waals surface area contributed by atoms with Gasteiger partial charge in [0.1, 0.15) is 18.0 Å². The van der Waals surface area contributed by atoms with Crippen LogP contribution in [0.1, 0.15) is 23.2 Å². The molecule has 3 rings (SSSR count). The summed E-state index contributed by atoms with van der Waals surface area (Å²) in [4.78, 5) is 28.5. The first kappa shape index (κ1) is 17.7. The van der Waals surface area contributed by atoms with Gasteiger partial charge in [0, 0.05) is 18.7 Å². The maximum atomic E-state index is 12.1. The quantitative estimate of drug-likeness (QED) is 0.638. The fourth-order valence-corrected chi connectivity index (χ4v) is 2.71. The van der Waals surface area contributed by atoms with Gasteiger partial charge in [-0.25, -0.2) is 4.98 Å². The van der Waals surface area contributed by atoms with Crippen LogP contribution in [0.5, 0.6) is 5.75 Å². The number of ether oxygens (including phenoxy) is 2. The van der Waals surface area contributed by atoms with Crippen LogP contribution in [-0.2, 0) is 22.6 Å². The van der Waals surface area contributed by atoms with E-state index in [4.69, 9.17) is 9.47 Å². The Hall–Kier alpha value is -3.15. The molecule has 134 valence electrons. The lowest BCUT2D eigenvalue weighted by atomic mass is 10.1. The van der Waals surface area contributed by atoms with Crippen molar-refractivity contribution >= 4 is 11.6 Å². The van der Waals surface area contributed by atoms with E-state index in [0.717, 1.165) is 16.9 Å². The molecule has 3 aromatic rings. The lowest BCUT2D eigenvalue weighted by Crippen LogP contribution is -2.17. The maximum Gasteiger partial charge on any atom is 0.306 e. The van der Waals surface area contributed by atoms with Crippen LogP contribution >= 0.6 is 0 Å². The van der Waals surface area contributed by atoms with E-state index in [1.54, 1.807) is 19.4 Å². The van der Waals surface area contributed by atoms with Gasteiger partial charge in [0.05, 0.1) is 12.8 Å². The molecule has 0 fully saturated rings. The molecule has 1 aromatic carbocycles. The molecular weight excluding hydrogens is 332 g/mol. The Labute approximate surface area is 151 Å². The summed E-state index contributed by atoms with van der Waals surface area (Å²) in [7, 11) is 1.60. The predicted octanol–water partition coefficient (Wildman–Crippen LogP) is 2.69. The summed E-state index contributed by atoms with van der Waals surface area (Å²) < 4.78 is 12.0. The van der Waals surface area contributed by atoms with Gasteiger partial charge in [0.15, 0.2) is 0 Å². The van der Waals surface area contributed by atoms with Crippen molar-refractivity contribution < 1.29 is 14.3 Å². The Bertz CT molecular complexity index is 995. The van der Waals surface area contributed by atoms with Gasteiger partial charge in [0.25, 0.3) is 5.56 Å². The van der Waals surface area contributed by atoms with E-state index in [9.17, 15) is 9.59 Å². The molecule has 0 saturated carbocycles. The minimum atomic E-state index is -0.346. The molecule has 6 heteroatoms. The minimum absolute atomic E-state index is 0.0234. The highest BCUT2D eigenvalue weighted by Crippen LogP contribution is 2.19. The molecular formula is C20H20N2O4. The SMILES string of the molecule is COc1ccccc1CCC(=O)OCc1cc(=O)n2cc(C)ccc2n1. The van der Waals surface area contributed by atoms with E-state index in [2.05, 4.69) is 4.98 Å². The molecule has 0 spiro atoms. The average molecular weight is 352 g/mol. The molecule has 0 amide bonds. The third-order valence-electron chi connectivity index (χ3n) is 4.03. The third-order valence-corrected chi connectivity index (χ3v) is 4.03. The first-order valence-electron chi connectivity index (χ1n) is 8.33. The summed E-state index contributed by atoms with van der Waals surface area (Å²) in [5.74, 6) is 0.404. The van der Waals surface area contributed by atoms with Crippen molar-refractivity contribution in [3.05, 3.63) is 75.8 Å². The van der Waals surface area contributed by atoms with Gasteiger partial charge in [-0.15, -0.1) is 0 Å². The second kappa shape index (κ2) is 7.82. The predicted molar refractivity (Wildman–Crippen MR) is 97.3 cm³/mol. The number of esters is 1. The monoisotopic (exact) mass is 352 g/mol. The largest absolute Gasteiger partial charge is 0.496 e. The van der Waals surface area contributed by atoms with Crippen molar-refractivity contribution in [1.82, 2.24) is 9.38 Å². The first-order chi connectivity index (χ1) is 12.6. The molecule has 0 aliphatic heterocycles. The van der Waals surface area contributed by atoms with Crippen molar-refractivity contribution in [1.29, 1.82) is 0 Å². The van der Waals surface area contributed by atoms with Crippen LogP contribution in [0.3, 0.4) is 0 Å². The summed E-state index contributed by atoms with van der Waals surface area (Å²) in [5, 5.41) is 0. The van der Waals surface area contributed by atoms with Crippen LogP contribution in [0.25, 0.3) is 5.65 Å². The van der Waals surface area contributed by atoms with Crippen LogP contribution < -0.4 is 10.3 Å². The number of nitrogens with zero attached hydrogens (tertiary/aromatic N) is 2. The summed E-state index contributed by atoms with van der Waals surface area (Å²) >= 11 is 0. The van der Waals surface area contributed by atoms with E-state index in [1.807, 2.05) is 37.3 Å². The van der Waals surface area contributed by atoms with Crippen LogP contribution in [0.2, 0.25) is 0 Å². The summed E-state index contributed by atoms with van der Waals surface area (Å²) in [6, 6.07) is 12.6. The number of rotatable bonds is 6. The van der Waals surface area contributed by atoms with Gasteiger partial charge in [-0.2, -0.15) is 0 Å². The summed E-state index contributed by atoms with van der Waals surface area (Å²) in [6.45, 7) is 1.88. The van der Waals surface area contributed by atoms with Gasteiger partial charge < -0.3 is 9.47 Å². The normalized spacial score (nSPS) is 10.7. The van der Waals surface area contributed by atoms with Crippen molar-refractivity contribution in [3.63, 3.8) is 0 Å². The van der Waals surface area contributed by atoms with Gasteiger partial charge >= 0.3 is 5.97 Å². The maximum absolute atomic E-state index is 12.1. The second-order valence-corrected chi connectivity index (χ2v) is 5.99. The smallest absolute Gasteiger partial charge is 0.306 e. The molecule has 0 N–H and O–H groups in total. The van der Waals surface area contributed by atoms with Gasteiger partial charge in [-0.3, -0.25) is 14.0 Å². The number of fused-ring (bicyclic) bond motifs is 1. The zero-order valence-corrected chi connectivity index (χ0v) is 14.8. The van der Waals surface area contributed by atoms with Crippen molar-refractivity contribution in [2.75, 3.05) is 7.11 Å². The number of methoxy groups -OCH3 is 1. The number of hydrogen-bond donors (Lipinski definition) is 0. The standard InChI is InChI=1S/C20H20N2O4/c1-14-7-9-18-21-16(11-19(23)22(18)12-14)13-26-20(24)10-8-15-5-3-4-6-17(15)25-2/h3-7,9,11-12H,8,10,13H2,1-2H3. The summed E-state index contributed by atoms with van der Waals surface area (Å²) in [5.41, 5.74) is 2.69. The van der Waals surface area contributed by atoms with E-state index in [-0.39, 0.29) is 24.6 Å². The van der Waals surface area contributed by atoms with E-state index in [0.29, 0.717) is 17.8 Å². The average Bonchev–Trinajstić information content (AvgIpc) is 2.65. The Morgan fingerprint density at radius 3 is 2.81 bits per heavy atom. The molecule has 0 saturated heterocycles. The molecule has 2 heterocycles. The molecule has 0 radical (unpaired) electrons. The Balaban J connectivity index is 1.62. The van der Waals surface area contributed by atoms with Crippen LogP contribution in [0.4, 0.5) is 0 Å². The Morgan fingerprint density at radius 1 is 1.19 bits per heavy atom. The van der Waals surface area contributed by atoms with E-state index in [1.165, 1.54) is 10.5 Å². The molecule has 0 aliphatic rings. The third kappa shape index (κ3) is 4.08. The Morgan fingerprint density at radius 2 is 2.00 bits per heavy atom. The number of carbonyl (C=O) groups excluding carboxylic acids is 1. The van der Waals surface area contributed by atoms with E-state index < -0.39 is 0 Å². The van der Waals surface area contributed by atoms with Crippen LogP contribution in [0, 0.1) is 6.92 Å². The fourth-order valence-electron chi connectivity index (χ4n) is 2.71. The zero-order chi connectivity index (χ0) is 18.5. The molecule has 0 bridgehead atoms. The molecule has 26 heavy (non-hydrogen) atoms. The van der Waals surface area contributed by atoms with Crippen molar-refractivity contribution in [3.8, 4) is 5.75 Å². The Kier molecular flexibility index (Phi) is 5.31. The number of pyridine rings is 1. The number of aromatic nitrogens is 2. The molecule has 0 aliphatic carbocycles. The topological polar surface area (TPSA) is 69.9 Å². The highest BCUT2D eigenvalue weighted by molar-refractivity contribution is 5.69. The first-order valence-corrected chi connectivity index (χ1v) is 8.33. The summed E-state index contributed by atoms with van der Waals surface area (Å²) in [6.07, 6.45) is 2.48. The highest BCUT2D eigenvalue weighted by atomic mass is 16.5. The number of hydrogen-bond acceptors (Lipinski definition) is 5. The van der Waals surface area contributed by atoms with Gasteiger partial charge in [0.2, 0.25) is 0 Å². The lowest BCUT2D eigenvalue weighted by Gasteiger charge is -2.08. The number of carbonyl (C=O) groups is 1. The number of aryl methyl sites for hydroxylation is 2. The second-order valence-electron chi connectivity index (χ2n) is 5.99. The van der Waals surface area contributed by atoms with Crippen LogP contribution in [0.15, 0.2) is 53.5 Å².